The van der Waals surface area contributed by atoms with E-state index in [1.165, 1.54) is 5.56 Å². The monoisotopic (exact) mass is 218 g/mol. The van der Waals surface area contributed by atoms with Crippen LogP contribution in [0.15, 0.2) is 36.4 Å². The maximum atomic E-state index is 5.46. The Morgan fingerprint density at radius 3 is 2.62 bits per heavy atom. The van der Waals surface area contributed by atoms with Crippen LogP contribution in [-0.4, -0.2) is 19.5 Å². The highest BCUT2D eigenvalue weighted by molar-refractivity contribution is 5.48. The molecule has 1 heterocycles. The molecule has 0 aromatic heterocycles. The van der Waals surface area contributed by atoms with Crippen molar-refractivity contribution in [3.8, 4) is 0 Å². The summed E-state index contributed by atoms with van der Waals surface area (Å²) < 4.78 is 10.9. The molecule has 0 spiro atoms. The predicted molar refractivity (Wildman–Crippen MR) is 64.9 cm³/mol. The first-order chi connectivity index (χ1) is 7.86. The van der Waals surface area contributed by atoms with E-state index in [4.69, 9.17) is 9.47 Å². The maximum absolute atomic E-state index is 5.46. The van der Waals surface area contributed by atoms with E-state index in [1.54, 1.807) is 0 Å². The van der Waals surface area contributed by atoms with Crippen molar-refractivity contribution in [3.05, 3.63) is 42.0 Å². The van der Waals surface area contributed by atoms with Crippen LogP contribution >= 0.6 is 0 Å². The predicted octanol–water partition coefficient (Wildman–Crippen LogP) is 3.10. The Hall–Kier alpha value is -1.12. The van der Waals surface area contributed by atoms with Gasteiger partial charge < -0.3 is 9.47 Å². The van der Waals surface area contributed by atoms with Crippen molar-refractivity contribution < 1.29 is 9.47 Å². The van der Waals surface area contributed by atoms with Gasteiger partial charge in [0.05, 0.1) is 13.2 Å². The van der Waals surface area contributed by atoms with Gasteiger partial charge in [-0.3, -0.25) is 0 Å². The zero-order valence-corrected chi connectivity index (χ0v) is 9.63. The normalized spacial score (nSPS) is 19.3. The molecule has 1 unspecified atom stereocenters. The molecule has 2 heteroatoms. The van der Waals surface area contributed by atoms with Crippen molar-refractivity contribution in [3.63, 3.8) is 0 Å². The lowest BCUT2D eigenvalue weighted by Crippen LogP contribution is -2.17. The number of hydrogen-bond acceptors (Lipinski definition) is 2. The number of benzene rings is 1. The van der Waals surface area contributed by atoms with Crippen LogP contribution in [0, 0.1) is 5.92 Å². The average molecular weight is 218 g/mol. The van der Waals surface area contributed by atoms with E-state index in [1.807, 2.05) is 18.2 Å². The van der Waals surface area contributed by atoms with Crippen LogP contribution in [0.2, 0.25) is 0 Å². The molecule has 0 saturated carbocycles. The van der Waals surface area contributed by atoms with Crippen LogP contribution in [-0.2, 0) is 9.47 Å². The van der Waals surface area contributed by atoms with Crippen molar-refractivity contribution in [2.45, 2.75) is 19.6 Å². The molecule has 86 valence electrons. The van der Waals surface area contributed by atoms with Crippen LogP contribution in [0.1, 0.15) is 18.9 Å². The fraction of sp³-hybridized carbons (Fsp3) is 0.429. The van der Waals surface area contributed by atoms with E-state index in [0.29, 0.717) is 5.92 Å². The minimum Gasteiger partial charge on any atom is -0.350 e. The fourth-order valence-corrected chi connectivity index (χ4v) is 1.80. The van der Waals surface area contributed by atoms with E-state index in [2.05, 4.69) is 31.2 Å². The summed E-state index contributed by atoms with van der Waals surface area (Å²) >= 11 is 0. The zero-order valence-electron chi connectivity index (χ0n) is 9.63. The highest BCUT2D eigenvalue weighted by Crippen LogP contribution is 2.18. The Balaban J connectivity index is 1.80. The topological polar surface area (TPSA) is 18.5 Å². The van der Waals surface area contributed by atoms with Crippen molar-refractivity contribution in [2.75, 3.05) is 13.2 Å². The molecular formula is C14H18O2. The smallest absolute Gasteiger partial charge is 0.160 e. The number of rotatable bonds is 4. The van der Waals surface area contributed by atoms with Gasteiger partial charge in [0.1, 0.15) is 0 Å². The van der Waals surface area contributed by atoms with Gasteiger partial charge in [0.2, 0.25) is 0 Å². The molecule has 1 aliphatic heterocycles. The molecule has 0 aliphatic carbocycles. The molecule has 0 radical (unpaired) electrons. The van der Waals surface area contributed by atoms with Gasteiger partial charge in [0.25, 0.3) is 0 Å². The second kappa shape index (κ2) is 5.83. The maximum Gasteiger partial charge on any atom is 0.160 e. The summed E-state index contributed by atoms with van der Waals surface area (Å²) in [4.78, 5) is 0. The summed E-state index contributed by atoms with van der Waals surface area (Å²) in [6.45, 7) is 3.63. The minimum atomic E-state index is -0.0135. The summed E-state index contributed by atoms with van der Waals surface area (Å²) in [5.74, 6) is 0.419. The molecule has 1 aliphatic rings. The molecule has 1 aromatic rings. The quantitative estimate of drug-likeness (QED) is 0.773. The second-order valence-corrected chi connectivity index (χ2v) is 4.14. The Labute approximate surface area is 96.9 Å². The van der Waals surface area contributed by atoms with Crippen molar-refractivity contribution in [2.24, 2.45) is 5.92 Å². The molecule has 1 aromatic carbocycles. The molecule has 0 amide bonds. The fourth-order valence-electron chi connectivity index (χ4n) is 1.80. The number of allylic oxidation sites excluding steroid dienone is 1. The van der Waals surface area contributed by atoms with Crippen LogP contribution in [0.25, 0.3) is 6.08 Å². The van der Waals surface area contributed by atoms with E-state index < -0.39 is 0 Å². The largest absolute Gasteiger partial charge is 0.350 e. The van der Waals surface area contributed by atoms with Gasteiger partial charge in [-0.1, -0.05) is 49.4 Å². The lowest BCUT2D eigenvalue weighted by atomic mass is 10.1. The molecule has 1 saturated heterocycles. The van der Waals surface area contributed by atoms with E-state index in [9.17, 15) is 0 Å². The summed E-state index contributed by atoms with van der Waals surface area (Å²) in [5, 5.41) is 0. The van der Waals surface area contributed by atoms with Crippen molar-refractivity contribution >= 4 is 6.08 Å². The van der Waals surface area contributed by atoms with Gasteiger partial charge in [-0.25, -0.2) is 0 Å². The second-order valence-electron chi connectivity index (χ2n) is 4.14. The van der Waals surface area contributed by atoms with Crippen molar-refractivity contribution in [1.29, 1.82) is 0 Å². The summed E-state index contributed by atoms with van der Waals surface area (Å²) in [7, 11) is 0. The molecule has 1 atom stereocenters. The van der Waals surface area contributed by atoms with Gasteiger partial charge in [0.15, 0.2) is 6.29 Å². The molecule has 0 bridgehead atoms. The number of hydrogen-bond donors (Lipinski definition) is 0. The molecular weight excluding hydrogens is 200 g/mol. The third-order valence-corrected chi connectivity index (χ3v) is 2.73. The lowest BCUT2D eigenvalue weighted by molar-refractivity contribution is -0.0773. The third-order valence-electron chi connectivity index (χ3n) is 2.73. The van der Waals surface area contributed by atoms with Crippen LogP contribution in [0.3, 0.4) is 0 Å². The first kappa shape index (κ1) is 11.4. The van der Waals surface area contributed by atoms with Crippen molar-refractivity contribution in [1.82, 2.24) is 0 Å². The molecule has 16 heavy (non-hydrogen) atoms. The highest BCUT2D eigenvalue weighted by atomic mass is 16.7. The molecule has 0 N–H and O–H groups in total. The van der Waals surface area contributed by atoms with E-state index in [-0.39, 0.29) is 6.29 Å². The van der Waals surface area contributed by atoms with E-state index >= 15 is 0 Å². The van der Waals surface area contributed by atoms with Crippen LogP contribution in [0.4, 0.5) is 0 Å². The summed E-state index contributed by atoms with van der Waals surface area (Å²) in [6.07, 6.45) is 5.30. The van der Waals surface area contributed by atoms with Gasteiger partial charge in [-0.15, -0.1) is 0 Å². The van der Waals surface area contributed by atoms with Gasteiger partial charge in [-0.05, 0) is 12.0 Å². The first-order valence-corrected chi connectivity index (χ1v) is 5.81. The van der Waals surface area contributed by atoms with E-state index in [0.717, 1.165) is 19.6 Å². The standard InChI is InChI=1S/C14H18O2/c1-12(14-15-10-11-16-14)6-5-9-13-7-3-2-4-8-13/h2-5,7-9,12,14H,6,10-11H2,1H3/b9-5+. The molecule has 2 nitrogen and oxygen atoms in total. The van der Waals surface area contributed by atoms with Gasteiger partial charge >= 0.3 is 0 Å². The lowest BCUT2D eigenvalue weighted by Gasteiger charge is -2.15. The summed E-state index contributed by atoms with van der Waals surface area (Å²) in [5.41, 5.74) is 1.24. The van der Waals surface area contributed by atoms with Gasteiger partial charge in [0, 0.05) is 5.92 Å². The zero-order chi connectivity index (χ0) is 11.2. The minimum absolute atomic E-state index is 0.0135. The SMILES string of the molecule is CC(C/C=C/c1ccccc1)C1OCCO1. The number of ether oxygens (including phenoxy) is 2. The molecule has 1 fully saturated rings. The third kappa shape index (κ3) is 3.19. The van der Waals surface area contributed by atoms with Gasteiger partial charge in [-0.2, -0.15) is 0 Å². The Bertz CT molecular complexity index is 326. The highest BCUT2D eigenvalue weighted by Gasteiger charge is 2.21. The Morgan fingerprint density at radius 2 is 1.94 bits per heavy atom. The first-order valence-electron chi connectivity index (χ1n) is 5.81. The molecule has 2 rings (SSSR count). The Morgan fingerprint density at radius 1 is 1.25 bits per heavy atom. The van der Waals surface area contributed by atoms with Crippen LogP contribution < -0.4 is 0 Å². The van der Waals surface area contributed by atoms with Crippen LogP contribution in [0.5, 0.6) is 0 Å². The average Bonchev–Trinajstić information content (AvgIpc) is 2.84. The summed E-state index contributed by atoms with van der Waals surface area (Å²) in [6, 6.07) is 10.3. The Kier molecular flexibility index (Phi) is 4.14.